The molecule has 1 nitrogen and oxygen atoms in total. The fraction of sp³-hybridized carbons (Fsp3) is 0.750. The largest absolute Gasteiger partial charge is 0.386 e. The molecule has 0 atom stereocenters. The van der Waals surface area contributed by atoms with Crippen LogP contribution < -0.4 is 0 Å². The Balaban J connectivity index is 2.57. The van der Waals surface area contributed by atoms with Gasteiger partial charge in [-0.1, -0.05) is 19.3 Å². The van der Waals surface area contributed by atoms with Crippen molar-refractivity contribution in [2.75, 3.05) is 0 Å². The Labute approximate surface area is 64.7 Å². The third kappa shape index (κ3) is 2.58. The molecule has 3 heteroatoms. The summed E-state index contributed by atoms with van der Waals surface area (Å²) in [4.78, 5) is 0. The molecule has 0 radical (unpaired) electrons. The van der Waals surface area contributed by atoms with Crippen molar-refractivity contribution in [3.05, 3.63) is 12.2 Å². The summed E-state index contributed by atoms with van der Waals surface area (Å²) >= 11 is 0. The number of rotatable bonds is 1. The quantitative estimate of drug-likeness (QED) is 0.628. The van der Waals surface area contributed by atoms with E-state index in [0.717, 1.165) is 19.3 Å². The minimum atomic E-state index is -1.77. The summed E-state index contributed by atoms with van der Waals surface area (Å²) in [6, 6.07) is 0. The van der Waals surface area contributed by atoms with E-state index < -0.39 is 11.7 Å². The molecule has 0 amide bonds. The van der Waals surface area contributed by atoms with Gasteiger partial charge in [-0.25, -0.2) is 0 Å². The highest BCUT2D eigenvalue weighted by Crippen LogP contribution is 2.30. The number of hydrogen-bond acceptors (Lipinski definition) is 1. The van der Waals surface area contributed by atoms with Crippen molar-refractivity contribution in [2.24, 2.45) is 0 Å². The fourth-order valence-corrected chi connectivity index (χ4v) is 1.51. The second-order valence-electron chi connectivity index (χ2n) is 3.10. The minimum Gasteiger partial charge on any atom is -0.386 e. The summed E-state index contributed by atoms with van der Waals surface area (Å²) in [6.45, 7) is 0. The predicted octanol–water partition coefficient (Wildman–Crippen LogP) is 2.46. The van der Waals surface area contributed by atoms with E-state index >= 15 is 0 Å². The second kappa shape index (κ2) is 3.30. The third-order valence-electron chi connectivity index (χ3n) is 2.10. The Morgan fingerprint density at radius 2 is 1.73 bits per heavy atom. The maximum absolute atomic E-state index is 11.8. The van der Waals surface area contributed by atoms with Crippen LogP contribution in [0, 0.1) is 0 Å². The van der Waals surface area contributed by atoms with Crippen molar-refractivity contribution in [3.8, 4) is 0 Å². The highest BCUT2D eigenvalue weighted by Gasteiger charge is 2.27. The Morgan fingerprint density at radius 3 is 2.18 bits per heavy atom. The van der Waals surface area contributed by atoms with Crippen molar-refractivity contribution in [1.82, 2.24) is 0 Å². The van der Waals surface area contributed by atoms with Crippen LogP contribution in [0.15, 0.2) is 12.2 Å². The molecule has 1 aliphatic carbocycles. The minimum absolute atomic E-state index is 0.477. The monoisotopic (exact) mass is 162 g/mol. The van der Waals surface area contributed by atoms with Crippen LogP contribution in [0.2, 0.25) is 0 Å². The van der Waals surface area contributed by atoms with Crippen molar-refractivity contribution in [2.45, 2.75) is 37.7 Å². The SMILES string of the molecule is OC1(C=C(F)F)CCCCC1. The summed E-state index contributed by atoms with van der Waals surface area (Å²) < 4.78 is 23.5. The topological polar surface area (TPSA) is 20.2 Å². The van der Waals surface area contributed by atoms with Crippen LogP contribution in [0.25, 0.3) is 0 Å². The molecule has 1 fully saturated rings. The number of halogens is 2. The average molecular weight is 162 g/mol. The summed E-state index contributed by atoms with van der Waals surface area (Å²) in [6.07, 6.45) is 2.61. The van der Waals surface area contributed by atoms with E-state index in [4.69, 9.17) is 0 Å². The van der Waals surface area contributed by atoms with Gasteiger partial charge in [0.2, 0.25) is 0 Å². The molecule has 0 heterocycles. The Kier molecular flexibility index (Phi) is 2.60. The molecule has 0 aromatic carbocycles. The molecule has 0 unspecified atom stereocenters. The first-order chi connectivity index (χ1) is 5.12. The van der Waals surface area contributed by atoms with Crippen LogP contribution in [-0.4, -0.2) is 10.7 Å². The first kappa shape index (κ1) is 8.65. The first-order valence-electron chi connectivity index (χ1n) is 3.89. The lowest BCUT2D eigenvalue weighted by molar-refractivity contribution is 0.0473. The summed E-state index contributed by atoms with van der Waals surface area (Å²) in [5, 5.41) is 9.49. The summed E-state index contributed by atoms with van der Waals surface area (Å²) in [7, 11) is 0. The summed E-state index contributed by atoms with van der Waals surface area (Å²) in [5.41, 5.74) is -1.21. The fourth-order valence-electron chi connectivity index (χ4n) is 1.51. The van der Waals surface area contributed by atoms with Crippen molar-refractivity contribution in [3.63, 3.8) is 0 Å². The predicted molar refractivity (Wildman–Crippen MR) is 38.3 cm³/mol. The standard InChI is InChI=1S/C8H12F2O/c9-7(10)6-8(11)4-2-1-3-5-8/h6,11H,1-5H2. The van der Waals surface area contributed by atoms with Crippen molar-refractivity contribution in [1.29, 1.82) is 0 Å². The van der Waals surface area contributed by atoms with Gasteiger partial charge in [-0.3, -0.25) is 0 Å². The zero-order chi connectivity index (χ0) is 8.32. The lowest BCUT2D eigenvalue weighted by Gasteiger charge is -2.28. The second-order valence-corrected chi connectivity index (χ2v) is 3.10. The lowest BCUT2D eigenvalue weighted by atomic mass is 9.85. The molecule has 0 aromatic rings. The van der Waals surface area contributed by atoms with Gasteiger partial charge in [-0.15, -0.1) is 0 Å². The van der Waals surface area contributed by atoms with Gasteiger partial charge in [0.15, 0.2) is 0 Å². The van der Waals surface area contributed by atoms with Crippen molar-refractivity contribution < 1.29 is 13.9 Å². The molecule has 11 heavy (non-hydrogen) atoms. The first-order valence-corrected chi connectivity index (χ1v) is 3.89. The van der Waals surface area contributed by atoms with E-state index in [1.165, 1.54) is 0 Å². The normalized spacial score (nSPS) is 22.8. The highest BCUT2D eigenvalue weighted by atomic mass is 19.3. The van der Waals surface area contributed by atoms with Gasteiger partial charge in [-0.05, 0) is 12.8 Å². The van der Waals surface area contributed by atoms with Gasteiger partial charge in [0, 0.05) is 6.08 Å². The molecule has 0 saturated heterocycles. The van der Waals surface area contributed by atoms with E-state index in [9.17, 15) is 13.9 Å². The molecule has 0 aromatic heterocycles. The van der Waals surface area contributed by atoms with Crippen LogP contribution >= 0.6 is 0 Å². The lowest BCUT2D eigenvalue weighted by Crippen LogP contribution is -2.28. The molecular formula is C8H12F2O. The molecule has 0 bridgehead atoms. The van der Waals surface area contributed by atoms with Crippen LogP contribution in [0.4, 0.5) is 8.78 Å². The molecule has 1 saturated carbocycles. The van der Waals surface area contributed by atoms with Crippen molar-refractivity contribution >= 4 is 0 Å². The van der Waals surface area contributed by atoms with Gasteiger partial charge in [0.05, 0.1) is 5.60 Å². The number of aliphatic hydroxyl groups is 1. The maximum Gasteiger partial charge on any atom is 0.269 e. The van der Waals surface area contributed by atoms with Gasteiger partial charge < -0.3 is 5.11 Å². The van der Waals surface area contributed by atoms with E-state index in [1.807, 2.05) is 0 Å². The van der Waals surface area contributed by atoms with Crippen LogP contribution in [0.1, 0.15) is 32.1 Å². The smallest absolute Gasteiger partial charge is 0.269 e. The summed E-state index contributed by atoms with van der Waals surface area (Å²) in [5.74, 6) is 0. The molecule has 0 spiro atoms. The van der Waals surface area contributed by atoms with Crippen LogP contribution in [0.5, 0.6) is 0 Å². The molecular weight excluding hydrogens is 150 g/mol. The zero-order valence-electron chi connectivity index (χ0n) is 6.32. The van der Waals surface area contributed by atoms with Gasteiger partial charge >= 0.3 is 0 Å². The average Bonchev–Trinajstić information content (AvgIpc) is 1.85. The number of hydrogen-bond donors (Lipinski definition) is 1. The maximum atomic E-state index is 11.8. The molecule has 1 aliphatic rings. The Morgan fingerprint density at radius 1 is 1.18 bits per heavy atom. The van der Waals surface area contributed by atoms with Gasteiger partial charge in [-0.2, -0.15) is 8.78 Å². The third-order valence-corrected chi connectivity index (χ3v) is 2.10. The van der Waals surface area contributed by atoms with Gasteiger partial charge in [0.25, 0.3) is 6.08 Å². The Bertz CT molecular complexity index is 155. The molecule has 1 rings (SSSR count). The highest BCUT2D eigenvalue weighted by molar-refractivity contribution is 5.02. The molecule has 0 aliphatic heterocycles. The Hall–Kier alpha value is -0.440. The zero-order valence-corrected chi connectivity index (χ0v) is 6.32. The van der Waals surface area contributed by atoms with Gasteiger partial charge in [0.1, 0.15) is 0 Å². The molecule has 64 valence electrons. The van der Waals surface area contributed by atoms with Crippen LogP contribution in [0.3, 0.4) is 0 Å². The van der Waals surface area contributed by atoms with E-state index in [2.05, 4.69) is 0 Å². The van der Waals surface area contributed by atoms with Crippen LogP contribution in [-0.2, 0) is 0 Å². The van der Waals surface area contributed by atoms with E-state index in [0.29, 0.717) is 18.9 Å². The van der Waals surface area contributed by atoms with E-state index in [-0.39, 0.29) is 0 Å². The van der Waals surface area contributed by atoms with E-state index in [1.54, 1.807) is 0 Å². The molecule has 1 N–H and O–H groups in total.